The summed E-state index contributed by atoms with van der Waals surface area (Å²) in [5, 5.41) is 7.00. The van der Waals surface area contributed by atoms with Crippen LogP contribution in [0.1, 0.15) is 38.7 Å². The molecule has 25 heavy (non-hydrogen) atoms. The molecule has 0 radical (unpaired) electrons. The van der Waals surface area contributed by atoms with E-state index in [9.17, 15) is 0 Å². The summed E-state index contributed by atoms with van der Waals surface area (Å²) in [6, 6.07) is 11.1. The van der Waals surface area contributed by atoms with Crippen LogP contribution in [-0.4, -0.2) is 50.1 Å². The molecule has 0 amide bonds. The van der Waals surface area contributed by atoms with Gasteiger partial charge in [0.05, 0.1) is 0 Å². The van der Waals surface area contributed by atoms with Gasteiger partial charge in [0.1, 0.15) is 0 Å². The average Bonchev–Trinajstić information content (AvgIpc) is 3.10. The van der Waals surface area contributed by atoms with Crippen molar-refractivity contribution in [1.82, 2.24) is 15.5 Å². The van der Waals surface area contributed by atoms with Crippen molar-refractivity contribution in [2.75, 3.05) is 33.2 Å². The predicted molar refractivity (Wildman–Crippen MR) is 119 cm³/mol. The maximum atomic E-state index is 4.37. The fourth-order valence-electron chi connectivity index (χ4n) is 3.27. The Kier molecular flexibility index (Phi) is 11.1. The van der Waals surface area contributed by atoms with Crippen LogP contribution in [0.25, 0.3) is 0 Å². The summed E-state index contributed by atoms with van der Waals surface area (Å²) in [5.41, 5.74) is 1.40. The molecule has 2 N–H and O–H groups in total. The van der Waals surface area contributed by atoms with Gasteiger partial charge in [0.15, 0.2) is 5.96 Å². The van der Waals surface area contributed by atoms with E-state index in [2.05, 4.69) is 64.7 Å². The van der Waals surface area contributed by atoms with Gasteiger partial charge >= 0.3 is 0 Å². The zero-order valence-electron chi connectivity index (χ0n) is 16.0. The van der Waals surface area contributed by atoms with E-state index >= 15 is 0 Å². The second-order valence-electron chi connectivity index (χ2n) is 7.14. The Bertz CT molecular complexity index is 486. The highest BCUT2D eigenvalue weighted by Gasteiger charge is 2.15. The average molecular weight is 458 g/mol. The number of aryl methyl sites for hydroxylation is 1. The van der Waals surface area contributed by atoms with Gasteiger partial charge in [-0.25, -0.2) is 0 Å². The lowest BCUT2D eigenvalue weighted by Gasteiger charge is -2.23. The molecule has 0 saturated carbocycles. The molecule has 1 fully saturated rings. The summed E-state index contributed by atoms with van der Waals surface area (Å²) in [6.45, 7) is 9.25. The maximum Gasteiger partial charge on any atom is 0.191 e. The van der Waals surface area contributed by atoms with Crippen molar-refractivity contribution in [2.24, 2.45) is 10.9 Å². The molecule has 0 bridgehead atoms. The van der Waals surface area contributed by atoms with E-state index in [4.69, 9.17) is 0 Å². The molecule has 1 heterocycles. The highest BCUT2D eigenvalue weighted by Crippen LogP contribution is 2.09. The first-order chi connectivity index (χ1) is 11.7. The van der Waals surface area contributed by atoms with Crippen molar-refractivity contribution in [3.05, 3.63) is 35.9 Å². The topological polar surface area (TPSA) is 39.7 Å². The maximum absolute atomic E-state index is 4.37. The van der Waals surface area contributed by atoms with Crippen LogP contribution in [0, 0.1) is 5.92 Å². The molecule has 1 aliphatic rings. The smallest absolute Gasteiger partial charge is 0.191 e. The summed E-state index contributed by atoms with van der Waals surface area (Å²) < 4.78 is 0. The van der Waals surface area contributed by atoms with Gasteiger partial charge < -0.3 is 15.5 Å². The SMILES string of the molecule is CN=C(NCC(C)CN1CCCC1)NC(C)CCc1ccccc1.I. The van der Waals surface area contributed by atoms with Gasteiger partial charge in [0, 0.05) is 26.2 Å². The minimum Gasteiger partial charge on any atom is -0.356 e. The fraction of sp³-hybridized carbons (Fsp3) is 0.650. The number of likely N-dealkylation sites (tertiary alicyclic amines) is 1. The molecule has 2 unspecified atom stereocenters. The fourth-order valence-corrected chi connectivity index (χ4v) is 3.27. The third-order valence-electron chi connectivity index (χ3n) is 4.70. The Balaban J connectivity index is 0.00000312. The molecular formula is C20H35IN4. The monoisotopic (exact) mass is 458 g/mol. The van der Waals surface area contributed by atoms with E-state index in [0.717, 1.165) is 25.3 Å². The van der Waals surface area contributed by atoms with E-state index in [1.165, 1.54) is 38.0 Å². The number of nitrogens with one attached hydrogen (secondary N) is 2. The first kappa shape index (κ1) is 22.2. The summed E-state index contributed by atoms with van der Waals surface area (Å²) in [5.74, 6) is 1.56. The van der Waals surface area contributed by atoms with Gasteiger partial charge in [-0.05, 0) is 57.2 Å². The van der Waals surface area contributed by atoms with Gasteiger partial charge in [-0.1, -0.05) is 37.3 Å². The van der Waals surface area contributed by atoms with Gasteiger partial charge in [-0.15, -0.1) is 24.0 Å². The predicted octanol–water partition coefficient (Wildman–Crippen LogP) is 3.52. The summed E-state index contributed by atoms with van der Waals surface area (Å²) in [7, 11) is 1.85. The number of halogens is 1. The van der Waals surface area contributed by atoms with Crippen LogP contribution in [0.4, 0.5) is 0 Å². The molecule has 0 aliphatic carbocycles. The molecule has 2 rings (SSSR count). The highest BCUT2D eigenvalue weighted by atomic mass is 127. The number of aliphatic imine (C=N–C) groups is 1. The molecule has 4 nitrogen and oxygen atoms in total. The number of nitrogens with zero attached hydrogens (tertiary/aromatic N) is 2. The van der Waals surface area contributed by atoms with Crippen molar-refractivity contribution < 1.29 is 0 Å². The lowest BCUT2D eigenvalue weighted by molar-refractivity contribution is 0.287. The molecule has 1 aromatic rings. The van der Waals surface area contributed by atoms with Crippen LogP contribution < -0.4 is 10.6 Å². The third-order valence-corrected chi connectivity index (χ3v) is 4.70. The summed E-state index contributed by atoms with van der Waals surface area (Å²) in [6.07, 6.45) is 4.93. The molecule has 1 saturated heterocycles. The second-order valence-corrected chi connectivity index (χ2v) is 7.14. The Hall–Kier alpha value is -0.820. The molecule has 5 heteroatoms. The third kappa shape index (κ3) is 8.90. The van der Waals surface area contributed by atoms with E-state index in [1.807, 2.05) is 7.05 Å². The van der Waals surface area contributed by atoms with E-state index in [1.54, 1.807) is 0 Å². The first-order valence-electron chi connectivity index (χ1n) is 9.41. The van der Waals surface area contributed by atoms with Crippen LogP contribution in [-0.2, 0) is 6.42 Å². The highest BCUT2D eigenvalue weighted by molar-refractivity contribution is 14.0. The molecule has 0 aromatic heterocycles. The second kappa shape index (κ2) is 12.5. The zero-order valence-corrected chi connectivity index (χ0v) is 18.3. The molecule has 1 aromatic carbocycles. The number of rotatable bonds is 8. The summed E-state index contributed by atoms with van der Waals surface area (Å²) in [4.78, 5) is 6.94. The Morgan fingerprint density at radius 3 is 2.48 bits per heavy atom. The Morgan fingerprint density at radius 2 is 1.84 bits per heavy atom. The van der Waals surface area contributed by atoms with Crippen molar-refractivity contribution in [1.29, 1.82) is 0 Å². The lowest BCUT2D eigenvalue weighted by Crippen LogP contribution is -2.44. The van der Waals surface area contributed by atoms with E-state index in [0.29, 0.717) is 12.0 Å². The van der Waals surface area contributed by atoms with Gasteiger partial charge in [-0.3, -0.25) is 4.99 Å². The number of hydrogen-bond donors (Lipinski definition) is 2. The first-order valence-corrected chi connectivity index (χ1v) is 9.41. The normalized spacial score (nSPS) is 17.6. The van der Waals surface area contributed by atoms with Crippen molar-refractivity contribution >= 4 is 29.9 Å². The Morgan fingerprint density at radius 1 is 1.16 bits per heavy atom. The molecule has 0 spiro atoms. The number of hydrogen-bond acceptors (Lipinski definition) is 2. The van der Waals surface area contributed by atoms with Gasteiger partial charge in [0.2, 0.25) is 0 Å². The molecule has 1 aliphatic heterocycles. The molecular weight excluding hydrogens is 423 g/mol. The van der Waals surface area contributed by atoms with Gasteiger partial charge in [-0.2, -0.15) is 0 Å². The Labute approximate surface area is 170 Å². The van der Waals surface area contributed by atoms with Crippen molar-refractivity contribution in [3.8, 4) is 0 Å². The largest absolute Gasteiger partial charge is 0.356 e. The minimum atomic E-state index is 0. The van der Waals surface area contributed by atoms with Crippen molar-refractivity contribution in [3.63, 3.8) is 0 Å². The standard InChI is InChI=1S/C20H34N4.HI/c1-17(16-24-13-7-8-14-24)15-22-20(21-3)23-18(2)11-12-19-9-5-4-6-10-19;/h4-6,9-10,17-18H,7-8,11-16H2,1-3H3,(H2,21,22,23);1H. The molecule has 2 atom stereocenters. The quantitative estimate of drug-likeness (QED) is 0.356. The minimum absolute atomic E-state index is 0. The van der Waals surface area contributed by atoms with Crippen LogP contribution in [0.15, 0.2) is 35.3 Å². The summed E-state index contributed by atoms with van der Waals surface area (Å²) >= 11 is 0. The molecule has 142 valence electrons. The van der Waals surface area contributed by atoms with Gasteiger partial charge in [0.25, 0.3) is 0 Å². The lowest BCUT2D eigenvalue weighted by atomic mass is 10.1. The number of guanidine groups is 1. The van der Waals surface area contributed by atoms with E-state index < -0.39 is 0 Å². The van der Waals surface area contributed by atoms with Crippen LogP contribution in [0.2, 0.25) is 0 Å². The number of benzene rings is 1. The van der Waals surface area contributed by atoms with Crippen LogP contribution >= 0.6 is 24.0 Å². The van der Waals surface area contributed by atoms with Crippen molar-refractivity contribution in [2.45, 2.75) is 45.6 Å². The van der Waals surface area contributed by atoms with Crippen LogP contribution in [0.5, 0.6) is 0 Å². The van der Waals surface area contributed by atoms with Crippen LogP contribution in [0.3, 0.4) is 0 Å². The van der Waals surface area contributed by atoms with E-state index in [-0.39, 0.29) is 24.0 Å². The zero-order chi connectivity index (χ0) is 17.2.